The molecule has 2 N–H and O–H groups in total. The van der Waals surface area contributed by atoms with Crippen LogP contribution in [-0.4, -0.2) is 42.8 Å². The van der Waals surface area contributed by atoms with Crippen LogP contribution in [0.4, 0.5) is 4.79 Å². The third kappa shape index (κ3) is 5.72. The summed E-state index contributed by atoms with van der Waals surface area (Å²) in [6, 6.07) is 9.32. The molecule has 2 fully saturated rings. The van der Waals surface area contributed by atoms with Gasteiger partial charge in [-0.15, -0.1) is 0 Å². The zero-order valence-corrected chi connectivity index (χ0v) is 15.3. The van der Waals surface area contributed by atoms with E-state index in [9.17, 15) is 4.79 Å². The van der Waals surface area contributed by atoms with E-state index in [4.69, 9.17) is 4.74 Å². The second-order valence-electron chi connectivity index (χ2n) is 7.37. The van der Waals surface area contributed by atoms with Crippen LogP contribution >= 0.6 is 0 Å². The topological polar surface area (TPSA) is 53.6 Å². The van der Waals surface area contributed by atoms with Crippen LogP contribution in [-0.2, 0) is 17.8 Å². The minimum Gasteiger partial charge on any atom is -0.379 e. The van der Waals surface area contributed by atoms with E-state index in [0.29, 0.717) is 19.2 Å². The zero-order chi connectivity index (χ0) is 17.5. The quantitative estimate of drug-likeness (QED) is 0.862. The molecule has 2 aliphatic rings. The van der Waals surface area contributed by atoms with Gasteiger partial charge in [-0.25, -0.2) is 4.79 Å². The Morgan fingerprint density at radius 2 is 1.96 bits per heavy atom. The van der Waals surface area contributed by atoms with Gasteiger partial charge in [-0.1, -0.05) is 30.7 Å². The van der Waals surface area contributed by atoms with Crippen LogP contribution in [0.25, 0.3) is 0 Å². The molecule has 2 aliphatic heterocycles. The molecule has 0 radical (unpaired) electrons. The molecule has 2 unspecified atom stereocenters. The van der Waals surface area contributed by atoms with Gasteiger partial charge in [-0.2, -0.15) is 0 Å². The summed E-state index contributed by atoms with van der Waals surface area (Å²) in [5.41, 5.74) is 2.48. The molecule has 0 spiro atoms. The van der Waals surface area contributed by atoms with Gasteiger partial charge in [-0.05, 0) is 50.3 Å². The van der Waals surface area contributed by atoms with Crippen molar-refractivity contribution in [3.05, 3.63) is 35.4 Å². The van der Waals surface area contributed by atoms with Crippen molar-refractivity contribution in [1.82, 2.24) is 15.5 Å². The van der Waals surface area contributed by atoms with Crippen molar-refractivity contribution in [3.8, 4) is 0 Å². The Bertz CT molecular complexity index is 540. The SMILES string of the molecule is CC1CCCCN1Cc1ccc(CNC(=O)NC2CCCOC2)cc1. The van der Waals surface area contributed by atoms with Crippen LogP contribution in [0.1, 0.15) is 50.2 Å². The third-order valence-corrected chi connectivity index (χ3v) is 5.30. The zero-order valence-electron chi connectivity index (χ0n) is 15.3. The smallest absolute Gasteiger partial charge is 0.315 e. The average Bonchev–Trinajstić information content (AvgIpc) is 2.64. The number of piperidine rings is 1. The van der Waals surface area contributed by atoms with E-state index in [0.717, 1.165) is 31.6 Å². The fourth-order valence-corrected chi connectivity index (χ4v) is 3.66. The first kappa shape index (κ1) is 18.2. The van der Waals surface area contributed by atoms with Crippen molar-refractivity contribution < 1.29 is 9.53 Å². The fourth-order valence-electron chi connectivity index (χ4n) is 3.66. The van der Waals surface area contributed by atoms with Crippen LogP contribution in [0, 0.1) is 0 Å². The minimum atomic E-state index is -0.110. The van der Waals surface area contributed by atoms with E-state index in [1.807, 2.05) is 0 Å². The lowest BCUT2D eigenvalue weighted by atomic mass is 10.0. The molecule has 5 heteroatoms. The number of likely N-dealkylation sites (tertiary alicyclic amines) is 1. The number of nitrogens with one attached hydrogen (secondary N) is 2. The van der Waals surface area contributed by atoms with E-state index in [1.165, 1.54) is 31.4 Å². The number of urea groups is 1. The monoisotopic (exact) mass is 345 g/mol. The Balaban J connectivity index is 1.41. The van der Waals surface area contributed by atoms with E-state index in [1.54, 1.807) is 0 Å². The first-order chi connectivity index (χ1) is 12.2. The summed E-state index contributed by atoms with van der Waals surface area (Å²) >= 11 is 0. The fraction of sp³-hybridized carbons (Fsp3) is 0.650. The number of hydrogen-bond acceptors (Lipinski definition) is 3. The summed E-state index contributed by atoms with van der Waals surface area (Å²) in [6.07, 6.45) is 5.99. The molecule has 2 amide bonds. The van der Waals surface area contributed by atoms with Crippen LogP contribution in [0.2, 0.25) is 0 Å². The maximum absolute atomic E-state index is 12.0. The highest BCUT2D eigenvalue weighted by Gasteiger charge is 2.18. The average molecular weight is 345 g/mol. The molecular formula is C20H31N3O2. The lowest BCUT2D eigenvalue weighted by Gasteiger charge is -2.33. The maximum atomic E-state index is 12.0. The van der Waals surface area contributed by atoms with Gasteiger partial charge in [0.25, 0.3) is 0 Å². The van der Waals surface area contributed by atoms with Crippen molar-refractivity contribution >= 4 is 6.03 Å². The molecule has 0 aromatic heterocycles. The molecule has 25 heavy (non-hydrogen) atoms. The number of amides is 2. The minimum absolute atomic E-state index is 0.110. The van der Waals surface area contributed by atoms with E-state index in [-0.39, 0.29) is 12.1 Å². The molecular weight excluding hydrogens is 314 g/mol. The van der Waals surface area contributed by atoms with Gasteiger partial charge in [0.1, 0.15) is 0 Å². The molecule has 138 valence electrons. The van der Waals surface area contributed by atoms with Crippen LogP contribution < -0.4 is 10.6 Å². The molecule has 2 atom stereocenters. The van der Waals surface area contributed by atoms with E-state index < -0.39 is 0 Å². The van der Waals surface area contributed by atoms with Gasteiger partial charge in [0.2, 0.25) is 0 Å². The van der Waals surface area contributed by atoms with Crippen molar-refractivity contribution in [2.45, 2.75) is 64.2 Å². The summed E-state index contributed by atoms with van der Waals surface area (Å²) in [6.45, 7) is 6.54. The summed E-state index contributed by atoms with van der Waals surface area (Å²) in [5.74, 6) is 0. The van der Waals surface area contributed by atoms with Crippen molar-refractivity contribution in [3.63, 3.8) is 0 Å². The van der Waals surface area contributed by atoms with Crippen molar-refractivity contribution in [2.75, 3.05) is 19.8 Å². The van der Waals surface area contributed by atoms with Gasteiger partial charge in [0.15, 0.2) is 0 Å². The molecule has 1 aromatic rings. The predicted molar refractivity (Wildman–Crippen MR) is 99.4 cm³/mol. The molecule has 3 rings (SSSR count). The van der Waals surface area contributed by atoms with Gasteiger partial charge in [-0.3, -0.25) is 4.90 Å². The Labute approximate surface area is 151 Å². The van der Waals surface area contributed by atoms with Crippen molar-refractivity contribution in [1.29, 1.82) is 0 Å². The predicted octanol–water partition coefficient (Wildman–Crippen LogP) is 3.04. The van der Waals surface area contributed by atoms with E-state index in [2.05, 4.69) is 46.7 Å². The Kier molecular flexibility index (Phi) is 6.70. The molecule has 0 aliphatic carbocycles. The van der Waals surface area contributed by atoms with Gasteiger partial charge in [0, 0.05) is 25.7 Å². The maximum Gasteiger partial charge on any atom is 0.315 e. The first-order valence-corrected chi connectivity index (χ1v) is 9.64. The van der Waals surface area contributed by atoms with E-state index >= 15 is 0 Å². The summed E-state index contributed by atoms with van der Waals surface area (Å²) in [5, 5.41) is 5.92. The Morgan fingerprint density at radius 3 is 2.68 bits per heavy atom. The van der Waals surface area contributed by atoms with Crippen molar-refractivity contribution in [2.24, 2.45) is 0 Å². The molecule has 0 bridgehead atoms. The summed E-state index contributed by atoms with van der Waals surface area (Å²) in [4.78, 5) is 14.5. The van der Waals surface area contributed by atoms with Crippen LogP contribution in [0.5, 0.6) is 0 Å². The number of ether oxygens (including phenoxy) is 1. The third-order valence-electron chi connectivity index (χ3n) is 5.30. The number of carbonyl (C=O) groups excluding carboxylic acids is 1. The Morgan fingerprint density at radius 1 is 1.16 bits per heavy atom. The normalized spacial score (nSPS) is 24.7. The summed E-state index contributed by atoms with van der Waals surface area (Å²) < 4.78 is 5.38. The highest BCUT2D eigenvalue weighted by Crippen LogP contribution is 2.19. The highest BCUT2D eigenvalue weighted by atomic mass is 16.5. The second kappa shape index (κ2) is 9.20. The highest BCUT2D eigenvalue weighted by molar-refractivity contribution is 5.74. The number of benzene rings is 1. The number of nitrogens with zero attached hydrogens (tertiary/aromatic N) is 1. The first-order valence-electron chi connectivity index (χ1n) is 9.64. The molecule has 5 nitrogen and oxygen atoms in total. The second-order valence-corrected chi connectivity index (χ2v) is 7.37. The molecule has 1 aromatic carbocycles. The number of carbonyl (C=O) groups is 1. The Hall–Kier alpha value is -1.59. The summed E-state index contributed by atoms with van der Waals surface area (Å²) in [7, 11) is 0. The standard InChI is InChI=1S/C20H31N3O2/c1-16-5-2-3-11-23(16)14-18-9-7-17(8-10-18)13-21-20(24)22-19-6-4-12-25-15-19/h7-10,16,19H,2-6,11-15H2,1H3,(H2,21,22,24). The lowest BCUT2D eigenvalue weighted by molar-refractivity contribution is 0.0732. The van der Waals surface area contributed by atoms with Gasteiger partial charge in [0.05, 0.1) is 12.6 Å². The van der Waals surface area contributed by atoms with Gasteiger partial charge >= 0.3 is 6.03 Å². The van der Waals surface area contributed by atoms with Crippen LogP contribution in [0.3, 0.4) is 0 Å². The molecule has 2 saturated heterocycles. The molecule has 2 heterocycles. The molecule has 0 saturated carbocycles. The number of rotatable bonds is 5. The number of hydrogen-bond donors (Lipinski definition) is 2. The van der Waals surface area contributed by atoms with Gasteiger partial charge < -0.3 is 15.4 Å². The van der Waals surface area contributed by atoms with Crippen LogP contribution in [0.15, 0.2) is 24.3 Å². The largest absolute Gasteiger partial charge is 0.379 e. The lowest BCUT2D eigenvalue weighted by Crippen LogP contribution is -2.45.